The summed E-state index contributed by atoms with van der Waals surface area (Å²) in [6.45, 7) is 11.2. The Kier molecular flexibility index (Phi) is 7.96. The molecule has 2 nitrogen and oxygen atoms in total. The Bertz CT molecular complexity index is 1160. The fourth-order valence-corrected chi connectivity index (χ4v) is 4.63. The van der Waals surface area contributed by atoms with Crippen LogP contribution in [0.5, 0.6) is 0 Å². The molecule has 0 amide bonds. The van der Waals surface area contributed by atoms with Gasteiger partial charge in [-0.3, -0.25) is 9.59 Å². The molecule has 0 aromatic heterocycles. The molecule has 4 rings (SSSR count). The molecular formula is C32H32O2. The molecule has 0 atom stereocenters. The van der Waals surface area contributed by atoms with Crippen LogP contribution in [0.4, 0.5) is 0 Å². The minimum Gasteiger partial charge on any atom is -0.294 e. The van der Waals surface area contributed by atoms with Crippen molar-refractivity contribution < 1.29 is 9.59 Å². The average molecular weight is 449 g/mol. The summed E-state index contributed by atoms with van der Waals surface area (Å²) in [5.41, 5.74) is 10.6. The molecule has 0 unspecified atom stereocenters. The fraction of sp³-hybridized carbons (Fsp3) is 0.188. The van der Waals surface area contributed by atoms with E-state index in [-0.39, 0.29) is 11.6 Å². The molecule has 0 aliphatic carbocycles. The van der Waals surface area contributed by atoms with Gasteiger partial charge in [-0.15, -0.1) is 0 Å². The zero-order valence-corrected chi connectivity index (χ0v) is 20.9. The highest BCUT2D eigenvalue weighted by atomic mass is 16.1. The molecule has 172 valence electrons. The first-order valence-corrected chi connectivity index (χ1v) is 11.5. The Morgan fingerprint density at radius 3 is 0.941 bits per heavy atom. The molecule has 0 aliphatic rings. The third kappa shape index (κ3) is 5.77. The zero-order chi connectivity index (χ0) is 24.8. The van der Waals surface area contributed by atoms with Crippen LogP contribution in [0.15, 0.2) is 84.9 Å². The topological polar surface area (TPSA) is 34.1 Å². The first kappa shape index (κ1) is 24.9. The quantitative estimate of drug-likeness (QED) is 0.294. The van der Waals surface area contributed by atoms with E-state index in [0.29, 0.717) is 0 Å². The molecule has 0 bridgehead atoms. The van der Waals surface area contributed by atoms with Gasteiger partial charge in [-0.1, -0.05) is 84.9 Å². The molecule has 0 saturated carbocycles. The van der Waals surface area contributed by atoms with Gasteiger partial charge < -0.3 is 0 Å². The van der Waals surface area contributed by atoms with Gasteiger partial charge in [-0.25, -0.2) is 0 Å². The van der Waals surface area contributed by atoms with Gasteiger partial charge in [-0.2, -0.15) is 0 Å². The smallest absolute Gasteiger partial charge is 0.160 e. The number of ketones is 2. The van der Waals surface area contributed by atoms with Crippen molar-refractivity contribution in [2.24, 2.45) is 0 Å². The van der Waals surface area contributed by atoms with Crippen LogP contribution in [-0.4, -0.2) is 11.6 Å². The van der Waals surface area contributed by atoms with E-state index in [4.69, 9.17) is 0 Å². The van der Waals surface area contributed by atoms with Crippen LogP contribution in [0.3, 0.4) is 0 Å². The molecule has 4 aromatic carbocycles. The minimum absolute atomic E-state index is 0.139. The van der Waals surface area contributed by atoms with E-state index >= 15 is 0 Å². The highest BCUT2D eigenvalue weighted by molar-refractivity contribution is 5.98. The first-order valence-electron chi connectivity index (χ1n) is 11.5. The van der Waals surface area contributed by atoms with Crippen molar-refractivity contribution in [3.63, 3.8) is 0 Å². The first-order chi connectivity index (χ1) is 16.2. The van der Waals surface area contributed by atoms with Gasteiger partial charge in [0.15, 0.2) is 11.6 Å². The largest absolute Gasteiger partial charge is 0.294 e. The Morgan fingerprint density at radius 1 is 0.441 bits per heavy atom. The fourth-order valence-electron chi connectivity index (χ4n) is 4.63. The van der Waals surface area contributed by atoms with Gasteiger partial charge in [0.05, 0.1) is 0 Å². The molecule has 0 heterocycles. The van der Waals surface area contributed by atoms with Crippen LogP contribution >= 0.6 is 0 Å². The van der Waals surface area contributed by atoms with Crippen LogP contribution in [0.1, 0.15) is 56.8 Å². The van der Waals surface area contributed by atoms with E-state index < -0.39 is 0 Å². The van der Waals surface area contributed by atoms with E-state index in [1.807, 2.05) is 64.1 Å². The molecule has 0 spiro atoms. The van der Waals surface area contributed by atoms with E-state index in [1.54, 1.807) is 13.8 Å². The lowest BCUT2D eigenvalue weighted by Crippen LogP contribution is -2.00. The Morgan fingerprint density at radius 2 is 0.706 bits per heavy atom. The molecule has 34 heavy (non-hydrogen) atoms. The predicted octanol–water partition coefficient (Wildman–Crippen LogP) is 8.35. The van der Waals surface area contributed by atoms with Gasteiger partial charge in [0.25, 0.3) is 0 Å². The summed E-state index contributed by atoms with van der Waals surface area (Å²) in [5.74, 6) is 0.277. The second-order valence-corrected chi connectivity index (χ2v) is 8.81. The summed E-state index contributed by atoms with van der Waals surface area (Å²) in [7, 11) is 0. The summed E-state index contributed by atoms with van der Waals surface area (Å²) in [5, 5.41) is 0. The van der Waals surface area contributed by atoms with Gasteiger partial charge in [0, 0.05) is 11.1 Å². The van der Waals surface area contributed by atoms with Crippen LogP contribution in [0.2, 0.25) is 0 Å². The summed E-state index contributed by atoms with van der Waals surface area (Å²) >= 11 is 0. The average Bonchev–Trinajstić information content (AvgIpc) is 2.79. The number of benzene rings is 4. The maximum Gasteiger partial charge on any atom is 0.160 e. The van der Waals surface area contributed by atoms with Gasteiger partial charge >= 0.3 is 0 Å². The van der Waals surface area contributed by atoms with Gasteiger partial charge in [-0.05, 0) is 86.1 Å². The predicted molar refractivity (Wildman–Crippen MR) is 143 cm³/mol. The summed E-state index contributed by atoms with van der Waals surface area (Å²) in [4.78, 5) is 23.1. The number of Topliss-reactive ketones (excluding diaryl/α,β-unsaturated/α-hetero) is 2. The molecule has 0 radical (unpaired) electrons. The Hall–Kier alpha value is -3.78. The number of carbonyl (C=O) groups is 2. The Labute approximate surface area is 203 Å². The standard InChI is InChI=1S/2C16H16O/c2*1-11-9-15(14-7-5-4-6-8-14)10-12(2)16(11)13(3)17/h2*4-10H,1-3H3. The second kappa shape index (κ2) is 10.9. The van der Waals surface area contributed by atoms with E-state index in [0.717, 1.165) is 33.4 Å². The van der Waals surface area contributed by atoms with Crippen molar-refractivity contribution in [1.29, 1.82) is 0 Å². The van der Waals surface area contributed by atoms with Crippen molar-refractivity contribution in [3.8, 4) is 22.3 Å². The van der Waals surface area contributed by atoms with Crippen molar-refractivity contribution in [3.05, 3.63) is 118 Å². The van der Waals surface area contributed by atoms with Crippen molar-refractivity contribution in [2.45, 2.75) is 41.5 Å². The number of hydrogen-bond donors (Lipinski definition) is 0. The van der Waals surface area contributed by atoms with E-state index in [1.165, 1.54) is 22.3 Å². The lowest BCUT2D eigenvalue weighted by Gasteiger charge is -2.10. The number of hydrogen-bond acceptors (Lipinski definition) is 2. The highest BCUT2D eigenvalue weighted by Crippen LogP contribution is 2.26. The monoisotopic (exact) mass is 448 g/mol. The maximum absolute atomic E-state index is 11.5. The van der Waals surface area contributed by atoms with Crippen molar-refractivity contribution in [1.82, 2.24) is 0 Å². The minimum atomic E-state index is 0.139. The third-order valence-corrected chi connectivity index (χ3v) is 5.98. The number of carbonyl (C=O) groups excluding carboxylic acids is 2. The zero-order valence-electron chi connectivity index (χ0n) is 20.9. The lowest BCUT2D eigenvalue weighted by molar-refractivity contribution is 0.100. The van der Waals surface area contributed by atoms with Crippen LogP contribution in [-0.2, 0) is 0 Å². The molecule has 4 aromatic rings. The van der Waals surface area contributed by atoms with Gasteiger partial charge in [0.1, 0.15) is 0 Å². The van der Waals surface area contributed by atoms with E-state index in [9.17, 15) is 9.59 Å². The van der Waals surface area contributed by atoms with Crippen LogP contribution < -0.4 is 0 Å². The van der Waals surface area contributed by atoms with Gasteiger partial charge in [0.2, 0.25) is 0 Å². The molecular weight excluding hydrogens is 416 g/mol. The normalized spacial score (nSPS) is 10.3. The molecule has 0 N–H and O–H groups in total. The number of rotatable bonds is 4. The summed E-state index contributed by atoms with van der Waals surface area (Å²) in [6.07, 6.45) is 0. The lowest BCUT2D eigenvalue weighted by atomic mass is 9.94. The van der Waals surface area contributed by atoms with Crippen LogP contribution in [0, 0.1) is 27.7 Å². The molecule has 2 heteroatoms. The van der Waals surface area contributed by atoms with Crippen molar-refractivity contribution in [2.75, 3.05) is 0 Å². The molecule has 0 saturated heterocycles. The second-order valence-electron chi connectivity index (χ2n) is 8.81. The maximum atomic E-state index is 11.5. The molecule has 0 aliphatic heterocycles. The Balaban J connectivity index is 0.000000191. The summed E-state index contributed by atoms with van der Waals surface area (Å²) in [6, 6.07) is 28.8. The van der Waals surface area contributed by atoms with Crippen molar-refractivity contribution >= 4 is 11.6 Å². The SMILES string of the molecule is CC(=O)c1c(C)cc(-c2ccccc2)cc1C.CC(=O)c1c(C)cc(-c2ccccc2)cc1C. The van der Waals surface area contributed by atoms with Crippen LogP contribution in [0.25, 0.3) is 22.3 Å². The summed E-state index contributed by atoms with van der Waals surface area (Å²) < 4.78 is 0. The van der Waals surface area contributed by atoms with E-state index in [2.05, 4.69) is 48.5 Å². The third-order valence-electron chi connectivity index (χ3n) is 5.98. The highest BCUT2D eigenvalue weighted by Gasteiger charge is 2.11. The molecule has 0 fully saturated rings. The number of aryl methyl sites for hydroxylation is 4.